The van der Waals surface area contributed by atoms with Crippen LogP contribution in [0.25, 0.3) is 10.1 Å². The summed E-state index contributed by atoms with van der Waals surface area (Å²) < 4.78 is 6.26. The molecule has 2 aromatic rings. The first-order valence-corrected chi connectivity index (χ1v) is 8.92. The summed E-state index contributed by atoms with van der Waals surface area (Å²) in [7, 11) is 5.63. The molecule has 0 N–H and O–H groups in total. The molecule has 1 aromatic heterocycles. The number of benzene rings is 1. The molecule has 1 aliphatic heterocycles. The number of thiophene rings is 1. The second kappa shape index (κ2) is 6.67. The van der Waals surface area contributed by atoms with Crippen molar-refractivity contribution in [1.82, 2.24) is 9.80 Å². The Morgan fingerprint density at radius 3 is 2.74 bits per heavy atom. The number of rotatable bonds is 3. The highest BCUT2D eigenvalue weighted by Crippen LogP contribution is 2.38. The monoisotopic (exact) mass is 352 g/mol. The third-order valence-electron chi connectivity index (χ3n) is 4.58. The van der Waals surface area contributed by atoms with E-state index in [1.807, 2.05) is 30.1 Å². The molecule has 4 nitrogen and oxygen atoms in total. The van der Waals surface area contributed by atoms with Crippen LogP contribution in [0.5, 0.6) is 5.75 Å². The molecule has 1 aliphatic rings. The fourth-order valence-electron chi connectivity index (χ4n) is 3.02. The lowest BCUT2D eigenvalue weighted by Gasteiger charge is -2.35. The van der Waals surface area contributed by atoms with E-state index in [2.05, 4.69) is 11.9 Å². The van der Waals surface area contributed by atoms with Crippen LogP contribution in [0.1, 0.15) is 22.5 Å². The summed E-state index contributed by atoms with van der Waals surface area (Å²) in [4.78, 5) is 17.7. The van der Waals surface area contributed by atoms with Gasteiger partial charge in [-0.25, -0.2) is 0 Å². The first kappa shape index (κ1) is 16.6. The Morgan fingerprint density at radius 1 is 1.39 bits per heavy atom. The average molecular weight is 353 g/mol. The second-order valence-electron chi connectivity index (χ2n) is 6.06. The van der Waals surface area contributed by atoms with Crippen molar-refractivity contribution in [1.29, 1.82) is 0 Å². The van der Waals surface area contributed by atoms with Crippen LogP contribution in [0.4, 0.5) is 0 Å². The molecular formula is C17H21ClN2O2S. The highest BCUT2D eigenvalue weighted by atomic mass is 35.5. The largest absolute Gasteiger partial charge is 0.497 e. The number of nitrogens with zero attached hydrogens (tertiary/aromatic N) is 2. The van der Waals surface area contributed by atoms with Crippen LogP contribution in [0, 0.1) is 0 Å². The van der Waals surface area contributed by atoms with E-state index in [1.165, 1.54) is 11.3 Å². The summed E-state index contributed by atoms with van der Waals surface area (Å²) in [5, 5.41) is 1.42. The van der Waals surface area contributed by atoms with E-state index in [-0.39, 0.29) is 11.9 Å². The molecule has 6 heteroatoms. The Bertz CT molecular complexity index is 723. The van der Waals surface area contributed by atoms with Gasteiger partial charge in [-0.2, -0.15) is 0 Å². The molecule has 1 saturated heterocycles. The van der Waals surface area contributed by atoms with Crippen LogP contribution in [0.15, 0.2) is 18.2 Å². The Kier molecular flexibility index (Phi) is 4.80. The summed E-state index contributed by atoms with van der Waals surface area (Å²) >= 11 is 7.94. The number of amides is 1. The van der Waals surface area contributed by atoms with Gasteiger partial charge in [0.15, 0.2) is 0 Å². The van der Waals surface area contributed by atoms with Crippen molar-refractivity contribution in [3.8, 4) is 5.75 Å². The number of piperidine rings is 1. The third kappa shape index (κ3) is 3.18. The van der Waals surface area contributed by atoms with Crippen molar-refractivity contribution in [3.63, 3.8) is 0 Å². The highest BCUT2D eigenvalue weighted by Gasteiger charge is 2.27. The van der Waals surface area contributed by atoms with Gasteiger partial charge in [-0.3, -0.25) is 4.79 Å². The van der Waals surface area contributed by atoms with Crippen molar-refractivity contribution < 1.29 is 9.53 Å². The molecule has 3 rings (SSSR count). The predicted octanol–water partition coefficient (Wildman–Crippen LogP) is 3.73. The number of halogens is 1. The van der Waals surface area contributed by atoms with E-state index in [4.69, 9.17) is 16.3 Å². The Morgan fingerprint density at radius 2 is 2.09 bits per heavy atom. The van der Waals surface area contributed by atoms with E-state index in [0.29, 0.717) is 9.90 Å². The minimum atomic E-state index is 0.0183. The second-order valence-corrected chi connectivity index (χ2v) is 7.49. The summed E-state index contributed by atoms with van der Waals surface area (Å²) in [6.45, 7) is 2.05. The number of hydrogen-bond donors (Lipinski definition) is 0. The maximum Gasteiger partial charge on any atom is 0.265 e. The first-order valence-electron chi connectivity index (χ1n) is 7.73. The molecule has 2 heterocycles. The Labute approximate surface area is 145 Å². The molecule has 0 bridgehead atoms. The zero-order valence-corrected chi connectivity index (χ0v) is 15.2. The van der Waals surface area contributed by atoms with Crippen LogP contribution >= 0.6 is 22.9 Å². The third-order valence-corrected chi connectivity index (χ3v) is 6.25. The van der Waals surface area contributed by atoms with Gasteiger partial charge in [-0.15, -0.1) is 11.3 Å². The molecule has 1 aromatic carbocycles. The summed E-state index contributed by atoms with van der Waals surface area (Å²) in [6, 6.07) is 6.02. The van der Waals surface area contributed by atoms with Gasteiger partial charge in [0, 0.05) is 23.2 Å². The molecule has 0 unspecified atom stereocenters. The maximum atomic E-state index is 12.9. The number of fused-ring (bicyclic) bond motifs is 1. The zero-order chi connectivity index (χ0) is 16.6. The van der Waals surface area contributed by atoms with Gasteiger partial charge < -0.3 is 14.5 Å². The SMILES string of the molecule is COc1ccc2sc(C(=O)N(C)C3CCN(C)CC3)c(Cl)c2c1. The molecule has 0 atom stereocenters. The number of likely N-dealkylation sites (tertiary alicyclic amines) is 1. The van der Waals surface area contributed by atoms with Crippen molar-refractivity contribution in [2.75, 3.05) is 34.3 Å². The topological polar surface area (TPSA) is 32.8 Å². The first-order chi connectivity index (χ1) is 11.0. The van der Waals surface area contributed by atoms with Gasteiger partial charge in [-0.1, -0.05) is 11.6 Å². The molecule has 0 spiro atoms. The highest BCUT2D eigenvalue weighted by molar-refractivity contribution is 7.21. The molecule has 1 fully saturated rings. The molecule has 0 radical (unpaired) electrons. The van der Waals surface area contributed by atoms with Gasteiger partial charge in [-0.05, 0) is 51.2 Å². The van der Waals surface area contributed by atoms with E-state index in [9.17, 15) is 4.79 Å². The molecule has 0 aliphatic carbocycles. The number of ether oxygens (including phenoxy) is 1. The smallest absolute Gasteiger partial charge is 0.265 e. The predicted molar refractivity (Wildman–Crippen MR) is 96.0 cm³/mol. The van der Waals surface area contributed by atoms with Gasteiger partial charge in [0.1, 0.15) is 10.6 Å². The summed E-state index contributed by atoms with van der Waals surface area (Å²) in [5.41, 5.74) is 0. The fraction of sp³-hybridized carbons (Fsp3) is 0.471. The molecule has 124 valence electrons. The van der Waals surface area contributed by atoms with E-state index in [0.717, 1.165) is 41.8 Å². The fourth-order valence-corrected chi connectivity index (χ4v) is 4.49. The van der Waals surface area contributed by atoms with Gasteiger partial charge in [0.2, 0.25) is 0 Å². The molecule has 0 saturated carbocycles. The minimum Gasteiger partial charge on any atom is -0.497 e. The number of carbonyl (C=O) groups is 1. The van der Waals surface area contributed by atoms with Crippen LogP contribution in [0.3, 0.4) is 0 Å². The minimum absolute atomic E-state index is 0.0183. The quantitative estimate of drug-likeness (QED) is 0.843. The van der Waals surface area contributed by atoms with Crippen LogP contribution in [-0.4, -0.2) is 56.0 Å². The van der Waals surface area contributed by atoms with Gasteiger partial charge >= 0.3 is 0 Å². The summed E-state index contributed by atoms with van der Waals surface area (Å²) in [6.07, 6.45) is 2.02. The van der Waals surface area contributed by atoms with Crippen molar-refractivity contribution in [2.24, 2.45) is 0 Å². The zero-order valence-electron chi connectivity index (χ0n) is 13.6. The van der Waals surface area contributed by atoms with Crippen molar-refractivity contribution >= 4 is 38.9 Å². The molecule has 23 heavy (non-hydrogen) atoms. The number of carbonyl (C=O) groups excluding carboxylic acids is 1. The number of methoxy groups -OCH3 is 1. The van der Waals surface area contributed by atoms with E-state index < -0.39 is 0 Å². The van der Waals surface area contributed by atoms with Crippen molar-refractivity contribution in [3.05, 3.63) is 28.1 Å². The van der Waals surface area contributed by atoms with E-state index >= 15 is 0 Å². The van der Waals surface area contributed by atoms with E-state index in [1.54, 1.807) is 7.11 Å². The molecule has 1 amide bonds. The van der Waals surface area contributed by atoms with Gasteiger partial charge in [0.05, 0.1) is 12.1 Å². The Balaban J connectivity index is 1.87. The lowest BCUT2D eigenvalue weighted by molar-refractivity contribution is 0.0664. The average Bonchev–Trinajstić information content (AvgIpc) is 2.90. The van der Waals surface area contributed by atoms with Gasteiger partial charge in [0.25, 0.3) is 5.91 Å². The Hall–Kier alpha value is -1.30. The lowest BCUT2D eigenvalue weighted by Crippen LogP contribution is -2.44. The molecular weight excluding hydrogens is 332 g/mol. The number of hydrogen-bond acceptors (Lipinski definition) is 4. The summed E-state index contributed by atoms with van der Waals surface area (Å²) in [5.74, 6) is 0.768. The lowest BCUT2D eigenvalue weighted by atomic mass is 10.0. The van der Waals surface area contributed by atoms with Crippen LogP contribution in [-0.2, 0) is 0 Å². The standard InChI is InChI=1S/C17H21ClN2O2S/c1-19-8-6-11(7-9-19)20(2)17(21)16-15(18)13-10-12(22-3)4-5-14(13)23-16/h4-5,10-11H,6-9H2,1-3H3. The maximum absolute atomic E-state index is 12.9. The normalized spacial score (nSPS) is 16.7. The van der Waals surface area contributed by atoms with Crippen LogP contribution < -0.4 is 4.74 Å². The van der Waals surface area contributed by atoms with Crippen LogP contribution in [0.2, 0.25) is 5.02 Å². The van der Waals surface area contributed by atoms with Crippen molar-refractivity contribution in [2.45, 2.75) is 18.9 Å².